The molecular weight excluding hydrogens is 378 g/mol. The highest BCUT2D eigenvalue weighted by molar-refractivity contribution is 7.08. The van der Waals surface area contributed by atoms with E-state index in [9.17, 15) is 0 Å². The molecule has 0 N–H and O–H groups in total. The highest BCUT2D eigenvalue weighted by Crippen LogP contribution is 2.25. The summed E-state index contributed by atoms with van der Waals surface area (Å²) in [5.74, 6) is 0.968. The van der Waals surface area contributed by atoms with Gasteiger partial charge in [0.15, 0.2) is 5.75 Å². The van der Waals surface area contributed by atoms with E-state index in [2.05, 4.69) is 61.5 Å². The number of benzene rings is 1. The Labute approximate surface area is 169 Å². The first-order valence-electron chi connectivity index (χ1n) is 8.93. The second-order valence-corrected chi connectivity index (χ2v) is 7.86. The minimum absolute atomic E-state index is 0. The summed E-state index contributed by atoms with van der Waals surface area (Å²) in [5.41, 5.74) is 2.38. The Morgan fingerprint density at radius 3 is 2.89 bits per heavy atom. The van der Waals surface area contributed by atoms with Crippen LogP contribution in [-0.2, 0) is 11.3 Å². The van der Waals surface area contributed by atoms with Crippen molar-refractivity contribution in [2.45, 2.75) is 13.0 Å². The normalized spacial score (nSPS) is 13.4. The maximum Gasteiger partial charge on any atom is 0.152 e. The standard InChI is InChI=1S/C22H23NO2S.ClH/c1-23(2)11-5-12-24-15-16-9-10-17-6-3-7-18-21-20(8-4-13-25-21)26-22(18)19(17)14-16;/h3-4,6-10,13-14H,5,11-12,15H2,1-2H3;1H. The molecule has 0 saturated heterocycles. The van der Waals surface area contributed by atoms with Crippen LogP contribution in [0, 0.1) is 9.75 Å². The average molecular weight is 402 g/mol. The number of ether oxygens (including phenoxy) is 2. The Morgan fingerprint density at radius 2 is 2.04 bits per heavy atom. The van der Waals surface area contributed by atoms with Crippen LogP contribution in [0.3, 0.4) is 0 Å². The molecule has 0 bridgehead atoms. The summed E-state index contributed by atoms with van der Waals surface area (Å²) >= 11 is 1.79. The lowest BCUT2D eigenvalue weighted by Gasteiger charge is -2.09. The van der Waals surface area contributed by atoms with Crippen molar-refractivity contribution in [1.82, 2.24) is 4.90 Å². The van der Waals surface area contributed by atoms with E-state index in [-0.39, 0.29) is 12.4 Å². The molecule has 1 aliphatic heterocycles. The molecule has 0 saturated carbocycles. The molecule has 2 aliphatic rings. The number of halogens is 1. The van der Waals surface area contributed by atoms with E-state index in [4.69, 9.17) is 9.47 Å². The lowest BCUT2D eigenvalue weighted by Crippen LogP contribution is -2.14. The van der Waals surface area contributed by atoms with Crippen LogP contribution in [-0.4, -0.2) is 32.1 Å². The molecule has 0 unspecified atom stereocenters. The van der Waals surface area contributed by atoms with Gasteiger partial charge in [0.25, 0.3) is 0 Å². The number of hydrogen-bond acceptors (Lipinski definition) is 4. The SMILES string of the molecule is CN(C)CCCOCc1ccc2c(c1)=c1sc3c(c1C=CC=2)OC=CC=3.Cl. The van der Waals surface area contributed by atoms with Gasteiger partial charge in [-0.05, 0) is 62.1 Å². The molecule has 5 heteroatoms. The summed E-state index contributed by atoms with van der Waals surface area (Å²) in [7, 11) is 4.18. The fourth-order valence-electron chi connectivity index (χ4n) is 3.22. The van der Waals surface area contributed by atoms with Gasteiger partial charge in [0, 0.05) is 21.9 Å². The van der Waals surface area contributed by atoms with Crippen LogP contribution >= 0.6 is 23.7 Å². The van der Waals surface area contributed by atoms with Crippen molar-refractivity contribution in [2.75, 3.05) is 27.2 Å². The quantitative estimate of drug-likeness (QED) is 0.692. The van der Waals surface area contributed by atoms with Gasteiger partial charge in [-0.1, -0.05) is 24.3 Å². The molecule has 3 nitrogen and oxygen atoms in total. The first-order valence-corrected chi connectivity index (χ1v) is 9.74. The van der Waals surface area contributed by atoms with Crippen LogP contribution in [0.5, 0.6) is 5.75 Å². The maximum atomic E-state index is 5.87. The van der Waals surface area contributed by atoms with E-state index < -0.39 is 0 Å². The molecule has 0 fully saturated rings. The molecule has 2 aromatic rings. The fraction of sp³-hybridized carbons (Fsp3) is 0.273. The number of rotatable bonds is 6. The first-order chi connectivity index (χ1) is 12.7. The summed E-state index contributed by atoms with van der Waals surface area (Å²) < 4.78 is 14.1. The van der Waals surface area contributed by atoms with Gasteiger partial charge in [0.05, 0.1) is 17.4 Å². The Morgan fingerprint density at radius 1 is 1.15 bits per heavy atom. The van der Waals surface area contributed by atoms with Crippen molar-refractivity contribution in [1.29, 1.82) is 0 Å². The van der Waals surface area contributed by atoms with Crippen LogP contribution in [0.1, 0.15) is 17.5 Å². The molecule has 27 heavy (non-hydrogen) atoms. The first kappa shape index (κ1) is 19.9. The highest BCUT2D eigenvalue weighted by atomic mass is 35.5. The van der Waals surface area contributed by atoms with Gasteiger partial charge in [-0.15, -0.1) is 23.7 Å². The molecular formula is C22H24ClNO2S. The zero-order valence-electron chi connectivity index (χ0n) is 15.6. The number of thiophene rings is 1. The topological polar surface area (TPSA) is 21.7 Å². The number of hydrogen-bond donors (Lipinski definition) is 0. The van der Waals surface area contributed by atoms with Crippen LogP contribution in [0.15, 0.2) is 36.6 Å². The van der Waals surface area contributed by atoms with E-state index in [1.807, 2.05) is 6.08 Å². The van der Waals surface area contributed by atoms with Gasteiger partial charge >= 0.3 is 0 Å². The van der Waals surface area contributed by atoms with Gasteiger partial charge in [-0.2, -0.15) is 0 Å². The van der Waals surface area contributed by atoms with E-state index >= 15 is 0 Å². The molecule has 0 radical (unpaired) electrons. The summed E-state index contributed by atoms with van der Waals surface area (Å²) in [6.45, 7) is 2.49. The molecule has 0 spiro atoms. The number of allylic oxidation sites excluding steroid dienone is 2. The number of nitrogens with zero attached hydrogens (tertiary/aromatic N) is 1. The monoisotopic (exact) mass is 401 g/mol. The van der Waals surface area contributed by atoms with Crippen molar-refractivity contribution >= 4 is 42.0 Å². The van der Waals surface area contributed by atoms with Crippen molar-refractivity contribution in [3.05, 3.63) is 67.2 Å². The molecule has 0 atom stereocenters. The average Bonchev–Trinajstić information content (AvgIpc) is 2.91. The summed E-state index contributed by atoms with van der Waals surface area (Å²) in [6.07, 6.45) is 13.3. The zero-order valence-corrected chi connectivity index (χ0v) is 17.2. The third kappa shape index (κ3) is 4.36. The maximum absolute atomic E-state index is 5.87. The minimum Gasteiger partial charge on any atom is -0.463 e. The third-order valence-electron chi connectivity index (χ3n) is 4.50. The summed E-state index contributed by atoms with van der Waals surface area (Å²) in [4.78, 5) is 2.18. The van der Waals surface area contributed by atoms with E-state index in [0.717, 1.165) is 25.3 Å². The predicted octanol–water partition coefficient (Wildman–Crippen LogP) is 3.42. The Hall–Kier alpha value is -1.85. The van der Waals surface area contributed by atoms with Crippen molar-refractivity contribution < 1.29 is 9.47 Å². The van der Waals surface area contributed by atoms with Crippen molar-refractivity contribution in [3.8, 4) is 5.75 Å². The van der Waals surface area contributed by atoms with Gasteiger partial charge in [0.2, 0.25) is 0 Å². The van der Waals surface area contributed by atoms with E-state index in [1.165, 1.54) is 30.6 Å². The van der Waals surface area contributed by atoms with Gasteiger partial charge < -0.3 is 14.4 Å². The van der Waals surface area contributed by atoms with E-state index in [1.54, 1.807) is 17.6 Å². The summed E-state index contributed by atoms with van der Waals surface area (Å²) in [5, 5.41) is 2.50. The Balaban J connectivity index is 0.00000210. The van der Waals surface area contributed by atoms with Gasteiger partial charge in [-0.25, -0.2) is 0 Å². The van der Waals surface area contributed by atoms with E-state index in [0.29, 0.717) is 6.61 Å². The lowest BCUT2D eigenvalue weighted by atomic mass is 10.1. The smallest absolute Gasteiger partial charge is 0.152 e. The molecule has 0 amide bonds. The molecule has 1 aromatic carbocycles. The predicted molar refractivity (Wildman–Crippen MR) is 115 cm³/mol. The zero-order chi connectivity index (χ0) is 17.9. The van der Waals surface area contributed by atoms with Crippen LogP contribution in [0.4, 0.5) is 0 Å². The molecule has 2 heterocycles. The van der Waals surface area contributed by atoms with Gasteiger partial charge in [0.1, 0.15) is 0 Å². The Kier molecular flexibility index (Phi) is 6.55. The highest BCUT2D eigenvalue weighted by Gasteiger charge is 2.12. The van der Waals surface area contributed by atoms with Crippen LogP contribution < -0.4 is 14.5 Å². The summed E-state index contributed by atoms with van der Waals surface area (Å²) in [6, 6.07) is 6.62. The molecule has 142 valence electrons. The largest absolute Gasteiger partial charge is 0.463 e. The van der Waals surface area contributed by atoms with Crippen LogP contribution in [0.2, 0.25) is 0 Å². The van der Waals surface area contributed by atoms with Gasteiger partial charge in [-0.3, -0.25) is 0 Å². The number of fused-ring (bicyclic) bond motifs is 4. The molecule has 1 aliphatic carbocycles. The third-order valence-corrected chi connectivity index (χ3v) is 5.69. The Bertz CT molecular complexity index is 1080. The van der Waals surface area contributed by atoms with Crippen LogP contribution in [0.25, 0.3) is 18.2 Å². The molecule has 1 aromatic heterocycles. The molecule has 4 rings (SSSR count). The van der Waals surface area contributed by atoms with Crippen molar-refractivity contribution in [3.63, 3.8) is 0 Å². The minimum atomic E-state index is 0. The lowest BCUT2D eigenvalue weighted by molar-refractivity contribution is 0.113. The second kappa shape index (κ2) is 8.89. The fourth-order valence-corrected chi connectivity index (χ4v) is 4.39. The van der Waals surface area contributed by atoms with Crippen molar-refractivity contribution in [2.24, 2.45) is 0 Å². The second-order valence-electron chi connectivity index (χ2n) is 6.81.